The summed E-state index contributed by atoms with van der Waals surface area (Å²) in [5.41, 5.74) is 2.90. The maximum absolute atomic E-state index is 14.1. The van der Waals surface area contributed by atoms with Crippen molar-refractivity contribution < 1.29 is 19.1 Å². The predicted molar refractivity (Wildman–Crippen MR) is 159 cm³/mol. The molecular formula is C32H33ClN6O4. The van der Waals surface area contributed by atoms with E-state index < -0.39 is 5.60 Å². The number of aromatic nitrogens is 2. The van der Waals surface area contributed by atoms with Gasteiger partial charge in [0.2, 0.25) is 0 Å². The molecular weight excluding hydrogens is 568 g/mol. The number of carbonyl (C=O) groups is 3. The molecule has 10 nitrogen and oxygen atoms in total. The molecule has 2 aliphatic heterocycles. The van der Waals surface area contributed by atoms with Gasteiger partial charge in [0.15, 0.2) is 5.60 Å². The number of fused-ring (bicyclic) bond motifs is 3. The maximum atomic E-state index is 14.1. The molecule has 1 saturated carbocycles. The molecule has 6 rings (SSSR count). The molecule has 0 radical (unpaired) electrons. The Morgan fingerprint density at radius 2 is 1.88 bits per heavy atom. The minimum atomic E-state index is -0.782. The standard InChI is InChI=1S/C32H33ClN6O4/c1-18-13-27-25(17-37(18)29(40)22-7-10-26(33)23(14-22)15-34)28-30(41)38(16-19(2)39(28)36-27)20(3)21-5-8-24(9-6-21)43-32(11-12-32)31(42)35-4/h5-10,14,18-20H,11-13,16-17H2,1-4H3,(H,35,42)/t18-,19-,20+/m1/s1. The molecule has 3 atom stereocenters. The van der Waals surface area contributed by atoms with E-state index in [2.05, 4.69) is 5.32 Å². The van der Waals surface area contributed by atoms with Crippen LogP contribution in [0.15, 0.2) is 42.5 Å². The fraction of sp³-hybridized carbons (Fsp3) is 0.406. The molecule has 1 aliphatic carbocycles. The first kappa shape index (κ1) is 28.7. The van der Waals surface area contributed by atoms with E-state index >= 15 is 0 Å². The van der Waals surface area contributed by atoms with Crippen LogP contribution in [0.3, 0.4) is 0 Å². The molecule has 3 aromatic rings. The van der Waals surface area contributed by atoms with Gasteiger partial charge in [0.25, 0.3) is 17.7 Å². The van der Waals surface area contributed by atoms with Crippen LogP contribution in [0.1, 0.15) is 88.9 Å². The lowest BCUT2D eigenvalue weighted by atomic mass is 9.96. The normalized spacial score (nSPS) is 20.9. The molecule has 43 heavy (non-hydrogen) atoms. The van der Waals surface area contributed by atoms with Gasteiger partial charge in [-0.05, 0) is 56.7 Å². The lowest BCUT2D eigenvalue weighted by Gasteiger charge is -2.37. The van der Waals surface area contributed by atoms with Gasteiger partial charge in [0, 0.05) is 50.0 Å². The molecule has 1 fully saturated rings. The van der Waals surface area contributed by atoms with Crippen molar-refractivity contribution in [2.24, 2.45) is 0 Å². The number of nitrogens with zero attached hydrogens (tertiary/aromatic N) is 5. The molecule has 2 aromatic carbocycles. The number of rotatable bonds is 6. The molecule has 0 unspecified atom stereocenters. The number of hydrogen-bond acceptors (Lipinski definition) is 6. The fourth-order valence-electron chi connectivity index (χ4n) is 6.14. The number of nitriles is 1. The first-order valence-corrected chi connectivity index (χ1v) is 14.9. The zero-order valence-corrected chi connectivity index (χ0v) is 25.3. The Kier molecular flexibility index (Phi) is 7.17. The minimum absolute atomic E-state index is 0.0560. The summed E-state index contributed by atoms with van der Waals surface area (Å²) in [6.45, 7) is 6.74. The second-order valence-corrected chi connectivity index (χ2v) is 12.1. The predicted octanol–water partition coefficient (Wildman–Crippen LogP) is 4.43. The van der Waals surface area contributed by atoms with Gasteiger partial charge in [-0.1, -0.05) is 23.7 Å². The molecule has 3 heterocycles. The van der Waals surface area contributed by atoms with Crippen LogP contribution in [-0.2, 0) is 17.8 Å². The SMILES string of the molecule is CNC(=O)C1(Oc2ccc([C@H](C)N3C[C@@H](C)n4nc5c(c4C3=O)CN(C(=O)c3ccc(Cl)c(C#N)c3)[C@H](C)C5)cc2)CC1. The Labute approximate surface area is 255 Å². The van der Waals surface area contributed by atoms with Crippen LogP contribution in [0.5, 0.6) is 5.75 Å². The number of nitrogens with one attached hydrogen (secondary N) is 1. The van der Waals surface area contributed by atoms with Gasteiger partial charge in [0.1, 0.15) is 17.5 Å². The Morgan fingerprint density at radius 3 is 2.53 bits per heavy atom. The molecule has 0 bridgehead atoms. The van der Waals surface area contributed by atoms with Crippen molar-refractivity contribution in [1.82, 2.24) is 24.9 Å². The average Bonchev–Trinajstić information content (AvgIpc) is 3.69. The zero-order chi connectivity index (χ0) is 30.6. The Hall–Kier alpha value is -4.36. The summed E-state index contributed by atoms with van der Waals surface area (Å²) in [6.07, 6.45) is 1.89. The maximum Gasteiger partial charge on any atom is 0.273 e. The molecule has 3 amide bonds. The topological polar surface area (TPSA) is 121 Å². The van der Waals surface area contributed by atoms with E-state index in [4.69, 9.17) is 21.4 Å². The quantitative estimate of drug-likeness (QED) is 0.447. The number of benzene rings is 2. The van der Waals surface area contributed by atoms with E-state index in [0.717, 1.165) is 16.8 Å². The summed E-state index contributed by atoms with van der Waals surface area (Å²) in [4.78, 5) is 43.4. The van der Waals surface area contributed by atoms with Crippen molar-refractivity contribution in [2.75, 3.05) is 13.6 Å². The van der Waals surface area contributed by atoms with Crippen LogP contribution in [-0.4, -0.2) is 62.5 Å². The lowest BCUT2D eigenvalue weighted by molar-refractivity contribution is -0.129. The van der Waals surface area contributed by atoms with Crippen molar-refractivity contribution in [3.63, 3.8) is 0 Å². The average molecular weight is 601 g/mol. The monoisotopic (exact) mass is 600 g/mol. The summed E-state index contributed by atoms with van der Waals surface area (Å²) in [7, 11) is 1.61. The van der Waals surface area contributed by atoms with Crippen molar-refractivity contribution in [3.05, 3.63) is 81.1 Å². The number of hydrogen-bond donors (Lipinski definition) is 1. The fourth-order valence-corrected chi connectivity index (χ4v) is 6.30. The van der Waals surface area contributed by atoms with Crippen molar-refractivity contribution in [2.45, 2.75) is 70.3 Å². The molecule has 1 N–H and O–H groups in total. The number of ether oxygens (including phenoxy) is 1. The van der Waals surface area contributed by atoms with E-state index in [-0.39, 0.29) is 48.0 Å². The van der Waals surface area contributed by atoms with Crippen LogP contribution in [0.25, 0.3) is 0 Å². The Bertz CT molecular complexity index is 1670. The third-order valence-corrected chi connectivity index (χ3v) is 9.20. The zero-order valence-electron chi connectivity index (χ0n) is 24.6. The molecule has 11 heteroatoms. The van der Waals surface area contributed by atoms with Gasteiger partial charge in [-0.2, -0.15) is 10.4 Å². The van der Waals surface area contributed by atoms with Crippen LogP contribution >= 0.6 is 11.6 Å². The number of amides is 3. The lowest BCUT2D eigenvalue weighted by Crippen LogP contribution is -2.45. The van der Waals surface area contributed by atoms with E-state index in [0.29, 0.717) is 47.8 Å². The second-order valence-electron chi connectivity index (χ2n) is 11.7. The van der Waals surface area contributed by atoms with Gasteiger partial charge < -0.3 is 19.9 Å². The molecule has 0 saturated heterocycles. The number of halogens is 1. The molecule has 1 aromatic heterocycles. The van der Waals surface area contributed by atoms with Crippen molar-refractivity contribution in [1.29, 1.82) is 5.26 Å². The Morgan fingerprint density at radius 1 is 1.16 bits per heavy atom. The Balaban J connectivity index is 1.24. The minimum Gasteiger partial charge on any atom is -0.477 e. The van der Waals surface area contributed by atoms with Gasteiger partial charge in [0.05, 0.1) is 34.9 Å². The number of likely N-dealkylation sites (N-methyl/N-ethyl adjacent to an activating group) is 1. The third kappa shape index (κ3) is 4.91. The van der Waals surface area contributed by atoms with E-state index in [1.54, 1.807) is 24.1 Å². The van der Waals surface area contributed by atoms with Gasteiger partial charge in [-0.15, -0.1) is 0 Å². The highest BCUT2D eigenvalue weighted by molar-refractivity contribution is 6.31. The van der Waals surface area contributed by atoms with E-state index in [1.807, 2.05) is 60.7 Å². The van der Waals surface area contributed by atoms with Crippen molar-refractivity contribution in [3.8, 4) is 11.8 Å². The number of carbonyl (C=O) groups excluding carboxylic acids is 3. The van der Waals surface area contributed by atoms with Gasteiger partial charge >= 0.3 is 0 Å². The van der Waals surface area contributed by atoms with Gasteiger partial charge in [-0.3, -0.25) is 19.1 Å². The van der Waals surface area contributed by atoms with E-state index in [9.17, 15) is 19.6 Å². The van der Waals surface area contributed by atoms with Crippen LogP contribution in [0.2, 0.25) is 5.02 Å². The molecule has 3 aliphatic rings. The highest BCUT2D eigenvalue weighted by Crippen LogP contribution is 2.41. The highest BCUT2D eigenvalue weighted by Gasteiger charge is 2.52. The van der Waals surface area contributed by atoms with Crippen LogP contribution in [0, 0.1) is 11.3 Å². The molecule has 222 valence electrons. The highest BCUT2D eigenvalue weighted by atomic mass is 35.5. The summed E-state index contributed by atoms with van der Waals surface area (Å²) in [5, 5.41) is 17.2. The summed E-state index contributed by atoms with van der Waals surface area (Å²) in [5.74, 6) is 0.146. The summed E-state index contributed by atoms with van der Waals surface area (Å²) >= 11 is 6.09. The first-order valence-electron chi connectivity index (χ1n) is 14.5. The third-order valence-electron chi connectivity index (χ3n) is 8.87. The smallest absolute Gasteiger partial charge is 0.273 e. The van der Waals surface area contributed by atoms with Crippen molar-refractivity contribution >= 4 is 29.3 Å². The largest absolute Gasteiger partial charge is 0.477 e. The van der Waals surface area contributed by atoms with Gasteiger partial charge in [-0.25, -0.2) is 0 Å². The second kappa shape index (κ2) is 10.7. The molecule has 0 spiro atoms. The summed E-state index contributed by atoms with van der Waals surface area (Å²) in [6, 6.07) is 13.9. The van der Waals surface area contributed by atoms with Crippen LogP contribution in [0.4, 0.5) is 0 Å². The first-order chi connectivity index (χ1) is 20.6. The van der Waals surface area contributed by atoms with Crippen LogP contribution < -0.4 is 10.1 Å². The van der Waals surface area contributed by atoms with E-state index in [1.165, 1.54) is 6.07 Å². The summed E-state index contributed by atoms with van der Waals surface area (Å²) < 4.78 is 7.83.